The lowest BCUT2D eigenvalue weighted by Crippen LogP contribution is -2.34. The number of rotatable bonds is 3. The first kappa shape index (κ1) is 15.8. The summed E-state index contributed by atoms with van der Waals surface area (Å²) < 4.78 is 7.91. The van der Waals surface area contributed by atoms with E-state index in [1.54, 1.807) is 0 Å². The predicted molar refractivity (Wildman–Crippen MR) is 90.2 cm³/mol. The third kappa shape index (κ3) is 3.26. The molecule has 6 nitrogen and oxygen atoms in total. The smallest absolute Gasteiger partial charge is 0.249 e. The lowest BCUT2D eigenvalue weighted by molar-refractivity contribution is -0.126. The first-order valence-electron chi connectivity index (χ1n) is 8.99. The van der Waals surface area contributed by atoms with E-state index < -0.39 is 0 Å². The van der Waals surface area contributed by atoms with Gasteiger partial charge in [-0.3, -0.25) is 14.4 Å². The molecule has 6 heteroatoms. The molecular weight excluding hydrogens is 304 g/mol. The molecule has 3 aliphatic rings. The maximum absolute atomic E-state index is 12.6. The highest BCUT2D eigenvalue weighted by Gasteiger charge is 2.39. The predicted octanol–water partition coefficient (Wildman–Crippen LogP) is 1.19. The summed E-state index contributed by atoms with van der Waals surface area (Å²) in [5, 5.41) is 4.25. The Labute approximate surface area is 143 Å². The van der Waals surface area contributed by atoms with E-state index in [0.29, 0.717) is 5.92 Å². The van der Waals surface area contributed by atoms with Gasteiger partial charge in [-0.1, -0.05) is 6.08 Å². The number of allylic oxidation sites excluding steroid dienone is 1. The summed E-state index contributed by atoms with van der Waals surface area (Å²) in [5.74, 6) is 0.651. The molecule has 0 spiro atoms. The fourth-order valence-corrected chi connectivity index (χ4v) is 4.15. The van der Waals surface area contributed by atoms with E-state index in [0.717, 1.165) is 64.2 Å². The fraction of sp³-hybridized carbons (Fsp3) is 0.667. The zero-order valence-electron chi connectivity index (χ0n) is 14.4. The number of amides is 1. The van der Waals surface area contributed by atoms with Crippen molar-refractivity contribution in [2.24, 2.45) is 13.0 Å². The van der Waals surface area contributed by atoms with Crippen LogP contribution in [-0.2, 0) is 23.1 Å². The maximum Gasteiger partial charge on any atom is 0.249 e. The molecule has 2 aliphatic heterocycles. The first-order chi connectivity index (χ1) is 11.7. The Morgan fingerprint density at radius 3 is 3.04 bits per heavy atom. The molecule has 1 aromatic heterocycles. The molecule has 130 valence electrons. The van der Waals surface area contributed by atoms with Crippen molar-refractivity contribution in [2.45, 2.75) is 31.9 Å². The number of likely N-dealkylation sites (tertiary alicyclic amines) is 1. The summed E-state index contributed by atoms with van der Waals surface area (Å²) in [6.45, 7) is 5.15. The number of nitrogens with zero attached hydrogens (tertiary/aromatic N) is 4. The first-order valence-corrected chi connectivity index (χ1v) is 8.99. The van der Waals surface area contributed by atoms with Crippen LogP contribution in [0.25, 0.3) is 0 Å². The summed E-state index contributed by atoms with van der Waals surface area (Å²) in [4.78, 5) is 17.1. The summed E-state index contributed by atoms with van der Waals surface area (Å²) in [6.07, 6.45) is 9.43. The quantitative estimate of drug-likeness (QED) is 0.835. The molecule has 0 aromatic carbocycles. The fourth-order valence-electron chi connectivity index (χ4n) is 4.15. The number of aryl methyl sites for hydroxylation is 1. The van der Waals surface area contributed by atoms with Crippen molar-refractivity contribution in [2.75, 3.05) is 32.8 Å². The monoisotopic (exact) mass is 330 g/mol. The molecule has 2 atom stereocenters. The van der Waals surface area contributed by atoms with E-state index in [-0.39, 0.29) is 12.0 Å². The topological polar surface area (TPSA) is 50.6 Å². The summed E-state index contributed by atoms with van der Waals surface area (Å²) >= 11 is 0. The second-order valence-electron chi connectivity index (χ2n) is 7.26. The maximum atomic E-state index is 12.6. The molecule has 2 saturated heterocycles. The summed E-state index contributed by atoms with van der Waals surface area (Å²) in [5.41, 5.74) is 2.25. The number of ether oxygens (including phenoxy) is 1. The lowest BCUT2D eigenvalue weighted by Gasteiger charge is -2.23. The van der Waals surface area contributed by atoms with Crippen molar-refractivity contribution in [1.82, 2.24) is 19.6 Å². The molecule has 0 unspecified atom stereocenters. The minimum absolute atomic E-state index is 0.190. The van der Waals surface area contributed by atoms with Gasteiger partial charge in [0.1, 0.15) is 0 Å². The van der Waals surface area contributed by atoms with Gasteiger partial charge in [0, 0.05) is 63.0 Å². The Kier molecular flexibility index (Phi) is 4.41. The van der Waals surface area contributed by atoms with Gasteiger partial charge in [0.15, 0.2) is 0 Å². The van der Waals surface area contributed by atoms with Crippen LogP contribution in [0.5, 0.6) is 0 Å². The minimum Gasteiger partial charge on any atom is -0.375 e. The van der Waals surface area contributed by atoms with Crippen LogP contribution in [0, 0.1) is 5.92 Å². The van der Waals surface area contributed by atoms with Gasteiger partial charge in [-0.2, -0.15) is 5.10 Å². The van der Waals surface area contributed by atoms with Crippen LogP contribution in [0.2, 0.25) is 0 Å². The van der Waals surface area contributed by atoms with Crippen LogP contribution in [0.15, 0.2) is 24.0 Å². The van der Waals surface area contributed by atoms with Gasteiger partial charge in [-0.15, -0.1) is 0 Å². The van der Waals surface area contributed by atoms with Crippen molar-refractivity contribution in [1.29, 1.82) is 0 Å². The third-order valence-corrected chi connectivity index (χ3v) is 5.38. The van der Waals surface area contributed by atoms with Crippen LogP contribution >= 0.6 is 0 Å². The van der Waals surface area contributed by atoms with Gasteiger partial charge >= 0.3 is 0 Å². The number of aromatic nitrogens is 2. The van der Waals surface area contributed by atoms with E-state index in [9.17, 15) is 4.79 Å². The van der Waals surface area contributed by atoms with Crippen LogP contribution in [0.4, 0.5) is 0 Å². The van der Waals surface area contributed by atoms with E-state index in [4.69, 9.17) is 4.74 Å². The third-order valence-electron chi connectivity index (χ3n) is 5.38. The molecule has 1 amide bonds. The van der Waals surface area contributed by atoms with Gasteiger partial charge in [0.2, 0.25) is 5.91 Å². The number of carbonyl (C=O) groups excluding carboxylic acids is 1. The second kappa shape index (κ2) is 6.69. The second-order valence-corrected chi connectivity index (χ2v) is 7.26. The zero-order valence-corrected chi connectivity index (χ0v) is 14.4. The van der Waals surface area contributed by atoms with E-state index in [1.165, 1.54) is 5.56 Å². The van der Waals surface area contributed by atoms with E-state index in [1.807, 2.05) is 22.8 Å². The lowest BCUT2D eigenvalue weighted by atomic mass is 10.1. The zero-order chi connectivity index (χ0) is 16.5. The summed E-state index contributed by atoms with van der Waals surface area (Å²) in [6, 6.07) is 0. The van der Waals surface area contributed by atoms with Gasteiger partial charge < -0.3 is 9.64 Å². The number of fused-ring (bicyclic) bond motifs is 1. The Morgan fingerprint density at radius 2 is 2.29 bits per heavy atom. The van der Waals surface area contributed by atoms with Crippen molar-refractivity contribution < 1.29 is 9.53 Å². The normalized spacial score (nSPS) is 27.9. The van der Waals surface area contributed by atoms with Crippen LogP contribution in [0.1, 0.15) is 24.8 Å². The average Bonchev–Trinajstić information content (AvgIpc) is 3.28. The van der Waals surface area contributed by atoms with Crippen LogP contribution < -0.4 is 0 Å². The molecule has 24 heavy (non-hydrogen) atoms. The van der Waals surface area contributed by atoms with Crippen LogP contribution in [0.3, 0.4) is 0 Å². The molecule has 0 N–H and O–H groups in total. The minimum atomic E-state index is 0.190. The standard InChI is InChI=1S/C18H26N4O2/c1-20-9-14(8-19-20)10-21-6-7-24-17-13-22(12-16(17)11-21)18(23)15-4-2-3-5-15/h4,8-9,16-17H,2-3,5-7,10-13H2,1H3/t16-,17+/m0/s1. The Balaban J connectivity index is 1.39. The van der Waals surface area contributed by atoms with Crippen molar-refractivity contribution in [3.63, 3.8) is 0 Å². The molecule has 0 saturated carbocycles. The van der Waals surface area contributed by atoms with E-state index in [2.05, 4.69) is 22.3 Å². The van der Waals surface area contributed by atoms with Gasteiger partial charge in [-0.05, 0) is 19.3 Å². The molecule has 4 rings (SSSR count). The SMILES string of the molecule is Cn1cc(CN2CCO[C@@H]3CN(C(=O)C4=CCCC4)C[C@@H]3C2)cn1. The van der Waals surface area contributed by atoms with Gasteiger partial charge in [0.05, 0.1) is 18.9 Å². The highest BCUT2D eigenvalue weighted by atomic mass is 16.5. The number of carbonyl (C=O) groups is 1. The molecule has 2 fully saturated rings. The van der Waals surface area contributed by atoms with Gasteiger partial charge in [0.25, 0.3) is 0 Å². The van der Waals surface area contributed by atoms with Crippen LogP contribution in [-0.4, -0.2) is 64.4 Å². The Hall–Kier alpha value is -1.66. The molecule has 0 bridgehead atoms. The van der Waals surface area contributed by atoms with Crippen molar-refractivity contribution in [3.05, 3.63) is 29.6 Å². The molecule has 3 heterocycles. The average molecular weight is 330 g/mol. The van der Waals surface area contributed by atoms with Gasteiger partial charge in [-0.25, -0.2) is 0 Å². The Bertz CT molecular complexity index is 639. The highest BCUT2D eigenvalue weighted by Crippen LogP contribution is 2.28. The molecule has 0 radical (unpaired) electrons. The largest absolute Gasteiger partial charge is 0.375 e. The van der Waals surface area contributed by atoms with E-state index >= 15 is 0 Å². The van der Waals surface area contributed by atoms with Crippen molar-refractivity contribution >= 4 is 5.91 Å². The number of hydrogen-bond donors (Lipinski definition) is 0. The molecule has 1 aliphatic carbocycles. The number of hydrogen-bond acceptors (Lipinski definition) is 4. The van der Waals surface area contributed by atoms with Crippen molar-refractivity contribution in [3.8, 4) is 0 Å². The summed E-state index contributed by atoms with van der Waals surface area (Å²) in [7, 11) is 1.95. The molecular formula is C18H26N4O2. The highest BCUT2D eigenvalue weighted by molar-refractivity contribution is 5.94. The Morgan fingerprint density at radius 1 is 1.38 bits per heavy atom. The molecule has 1 aromatic rings.